The van der Waals surface area contributed by atoms with Crippen molar-refractivity contribution in [2.24, 2.45) is 23.1 Å². The topological polar surface area (TPSA) is 414 Å². The summed E-state index contributed by atoms with van der Waals surface area (Å²) in [6.45, 7) is 10.2. The first-order valence-electron chi connectivity index (χ1n) is 28.2. The summed E-state index contributed by atoms with van der Waals surface area (Å²) < 4.78 is 27.2. The van der Waals surface area contributed by atoms with Crippen molar-refractivity contribution in [3.05, 3.63) is 64.7 Å². The van der Waals surface area contributed by atoms with E-state index in [-0.39, 0.29) is 44.0 Å². The molecule has 28 nitrogen and oxygen atoms in total. The van der Waals surface area contributed by atoms with E-state index < -0.39 is 114 Å². The van der Waals surface area contributed by atoms with Crippen LogP contribution < -0.4 is 53.8 Å². The monoisotopic (exact) mass is 1270 g/mol. The molecule has 486 valence electrons. The van der Waals surface area contributed by atoms with Gasteiger partial charge in [-0.15, -0.1) is 0 Å². The van der Waals surface area contributed by atoms with Gasteiger partial charge in [0.25, 0.3) is 17.7 Å². The first-order chi connectivity index (χ1) is 41.0. The van der Waals surface area contributed by atoms with Gasteiger partial charge in [-0.25, -0.2) is 14.4 Å². The molecule has 11 amide bonds. The Balaban J connectivity index is 0.000000540. The van der Waals surface area contributed by atoms with Gasteiger partial charge in [0.2, 0.25) is 35.4 Å². The standard InChI is InChI=1S/C28H47N7O12S.C15H24N4O4.C14H17ClO/c1-13(17-12-28(43,44-6)34-26(42)45-17)21-27(3,47-21)18(11-20(37)31-4)46-24(40)14(2)35(5)25(41)33-15(8-9-48-7)23(39)32-16(22(30)38)10-19(29)36;16-8-3-1-2-4-12(20)17-9-10-18-13(21)7-11-19-14(22)5-6-15(19)23;1-4-5-6-11(2)9-12-7-8-13(15)14(10-12)16-3/h13-18,21,43H,8-12H2,1-7H3,(H2,29,36)(H2,30,38)(H,31,37)(H,32,39)(H,33,41)(H,34,42);5-6H,1-4,7-11,16H2,(H,17,20)(H,18,21);4-8,10H,9H2,1-3H3/b;;5-4+,11-6+/t13?,14-,15-,16-,17?,18?,21?,27?,28?;;/m0../s1. The van der Waals surface area contributed by atoms with E-state index in [1.165, 1.54) is 63.2 Å². The van der Waals surface area contributed by atoms with Gasteiger partial charge in [0.15, 0.2) is 0 Å². The van der Waals surface area contributed by atoms with Gasteiger partial charge in [-0.3, -0.25) is 48.6 Å². The largest absolute Gasteiger partial charge is 0.495 e. The second kappa shape index (κ2) is 38.1. The fraction of sp³-hybridized carbons (Fsp3) is 0.596. The zero-order chi connectivity index (χ0) is 65.6. The van der Waals surface area contributed by atoms with Crippen LogP contribution in [0.1, 0.15) is 98.0 Å². The summed E-state index contributed by atoms with van der Waals surface area (Å²) in [4.78, 5) is 135. The lowest BCUT2D eigenvalue weighted by Gasteiger charge is -2.37. The van der Waals surface area contributed by atoms with Gasteiger partial charge in [-0.05, 0) is 89.6 Å². The van der Waals surface area contributed by atoms with Crippen LogP contribution in [0, 0.1) is 5.92 Å². The number of halogens is 1. The van der Waals surface area contributed by atoms with Gasteiger partial charge in [0.1, 0.15) is 41.7 Å². The Morgan fingerprint density at radius 1 is 0.954 bits per heavy atom. The number of carbonyl (C=O) groups is 11. The first kappa shape index (κ1) is 75.8. The molecule has 2 saturated heterocycles. The minimum atomic E-state index is -1.96. The Hall–Kier alpha value is -7.31. The molecule has 3 heterocycles. The molecule has 6 unspecified atom stereocenters. The molecule has 0 bridgehead atoms. The summed E-state index contributed by atoms with van der Waals surface area (Å²) in [6.07, 6.45) is 9.98. The highest BCUT2D eigenvalue weighted by Crippen LogP contribution is 2.48. The number of likely N-dealkylation sites (N-methyl/N-ethyl adjacent to an activating group) is 1. The predicted octanol–water partition coefficient (Wildman–Crippen LogP) is 1.08. The number of nitrogens with one attached hydrogen (secondary N) is 6. The van der Waals surface area contributed by atoms with Crippen LogP contribution in [0.4, 0.5) is 9.59 Å². The predicted molar refractivity (Wildman–Crippen MR) is 323 cm³/mol. The maximum absolute atomic E-state index is 13.4. The highest BCUT2D eigenvalue weighted by molar-refractivity contribution is 7.98. The second-order valence-electron chi connectivity index (χ2n) is 20.7. The van der Waals surface area contributed by atoms with Crippen LogP contribution >= 0.6 is 23.4 Å². The smallest absolute Gasteiger partial charge is 0.411 e. The summed E-state index contributed by atoms with van der Waals surface area (Å²) in [5.41, 5.74) is 17.1. The first-order valence-corrected chi connectivity index (χ1v) is 29.9. The summed E-state index contributed by atoms with van der Waals surface area (Å²) in [5.74, 6) is -6.47. The molecule has 87 heavy (non-hydrogen) atoms. The second-order valence-corrected chi connectivity index (χ2v) is 22.1. The fourth-order valence-electron chi connectivity index (χ4n) is 8.61. The average Bonchev–Trinajstić information content (AvgIpc) is 1.59. The van der Waals surface area contributed by atoms with E-state index in [0.717, 1.165) is 41.2 Å². The zero-order valence-corrected chi connectivity index (χ0v) is 52.7. The van der Waals surface area contributed by atoms with Gasteiger partial charge in [-0.1, -0.05) is 54.8 Å². The number of allylic oxidation sites excluding steroid dienone is 4. The molecule has 0 saturated carbocycles. The molecule has 13 N–H and O–H groups in total. The van der Waals surface area contributed by atoms with Crippen molar-refractivity contribution >= 4 is 88.7 Å². The van der Waals surface area contributed by atoms with Gasteiger partial charge in [-0.2, -0.15) is 11.8 Å². The summed E-state index contributed by atoms with van der Waals surface area (Å²) >= 11 is 7.35. The number of benzene rings is 1. The van der Waals surface area contributed by atoms with Crippen molar-refractivity contribution in [2.45, 2.75) is 147 Å². The van der Waals surface area contributed by atoms with Gasteiger partial charge in [0.05, 0.1) is 37.5 Å². The zero-order valence-electron chi connectivity index (χ0n) is 51.2. The van der Waals surface area contributed by atoms with Crippen molar-refractivity contribution in [2.75, 3.05) is 66.5 Å². The number of alkyl carbamates (subject to hydrolysis) is 1. The number of methoxy groups -OCH3 is 2. The number of thioether (sulfide) groups is 1. The van der Waals surface area contributed by atoms with E-state index in [1.807, 2.05) is 37.3 Å². The molecule has 4 rings (SSSR count). The number of primary amides is 2. The third-order valence-corrected chi connectivity index (χ3v) is 15.0. The molecule has 1 aromatic rings. The van der Waals surface area contributed by atoms with Crippen LogP contribution in [0.3, 0.4) is 0 Å². The minimum absolute atomic E-state index is 0.0457. The summed E-state index contributed by atoms with van der Waals surface area (Å²) in [7, 11) is 5.54. The molecule has 3 aliphatic heterocycles. The van der Waals surface area contributed by atoms with Crippen molar-refractivity contribution < 1.29 is 81.5 Å². The number of urea groups is 1. The van der Waals surface area contributed by atoms with Crippen molar-refractivity contribution in [1.29, 1.82) is 0 Å². The Morgan fingerprint density at radius 3 is 2.16 bits per heavy atom. The van der Waals surface area contributed by atoms with Crippen LogP contribution in [0.5, 0.6) is 5.75 Å². The molecular weight excluding hydrogens is 1180 g/mol. The normalized spacial score (nSPS) is 20.3. The van der Waals surface area contributed by atoms with E-state index >= 15 is 0 Å². The van der Waals surface area contributed by atoms with Crippen LogP contribution in [0.2, 0.25) is 5.02 Å². The Labute approximate surface area is 516 Å². The van der Waals surface area contributed by atoms with Crippen molar-refractivity contribution in [3.8, 4) is 5.75 Å². The van der Waals surface area contributed by atoms with Crippen molar-refractivity contribution in [1.82, 2.24) is 41.7 Å². The number of hydrogen-bond acceptors (Lipinski definition) is 19. The van der Waals surface area contributed by atoms with E-state index in [2.05, 4.69) is 44.9 Å². The van der Waals surface area contributed by atoms with Crippen LogP contribution in [-0.2, 0) is 68.5 Å². The number of unbranched alkanes of at least 4 members (excludes halogenated alkanes) is 2. The number of ether oxygens (including phenoxy) is 5. The van der Waals surface area contributed by atoms with Gasteiger partial charge < -0.3 is 77.5 Å². The number of amides is 11. The molecule has 2 fully saturated rings. The molecule has 0 aliphatic carbocycles. The lowest BCUT2D eigenvalue weighted by molar-refractivity contribution is -0.237. The Morgan fingerprint density at radius 2 is 1.60 bits per heavy atom. The van der Waals surface area contributed by atoms with E-state index in [1.54, 1.807) is 27.2 Å². The number of nitrogens with two attached hydrogens (primary N) is 3. The van der Waals surface area contributed by atoms with Gasteiger partial charge in [0, 0.05) is 71.8 Å². The van der Waals surface area contributed by atoms with Crippen LogP contribution in [-0.4, -0.2) is 195 Å². The molecule has 9 atom stereocenters. The number of carbonyl (C=O) groups excluding carboxylic acids is 11. The highest BCUT2D eigenvalue weighted by atomic mass is 35.5. The third kappa shape index (κ3) is 26.3. The molecule has 0 spiro atoms. The lowest BCUT2D eigenvalue weighted by atomic mass is 9.86. The lowest BCUT2D eigenvalue weighted by Crippen LogP contribution is -2.59. The fourth-order valence-corrected chi connectivity index (χ4v) is 9.27. The molecular formula is C57H88ClN11O17S. The van der Waals surface area contributed by atoms with Crippen LogP contribution in [0.25, 0.3) is 0 Å². The maximum Gasteiger partial charge on any atom is 0.411 e. The number of epoxide rings is 1. The molecule has 1 aromatic carbocycles. The average molecular weight is 1270 g/mol. The molecule has 3 aliphatic rings. The quantitative estimate of drug-likeness (QED) is 0.0118. The van der Waals surface area contributed by atoms with E-state index in [4.69, 9.17) is 52.5 Å². The van der Waals surface area contributed by atoms with E-state index in [0.29, 0.717) is 36.8 Å². The highest BCUT2D eigenvalue weighted by Gasteiger charge is 2.64. The van der Waals surface area contributed by atoms with Gasteiger partial charge >= 0.3 is 18.1 Å². The number of esters is 1. The summed E-state index contributed by atoms with van der Waals surface area (Å²) in [6, 6.07) is 1.25. The minimum Gasteiger partial charge on any atom is -0.495 e. The number of nitrogens with zero attached hydrogens (tertiary/aromatic N) is 2. The number of aliphatic hydroxyl groups is 1. The Bertz CT molecular complexity index is 2630. The van der Waals surface area contributed by atoms with Crippen molar-refractivity contribution in [3.63, 3.8) is 0 Å². The Kier molecular flexibility index (Phi) is 33.2. The number of rotatable bonds is 33. The summed E-state index contributed by atoms with van der Waals surface area (Å²) in [5, 5.41) is 25.9. The number of hydrogen-bond donors (Lipinski definition) is 10. The van der Waals surface area contributed by atoms with E-state index in [9.17, 15) is 57.8 Å². The molecule has 0 radical (unpaired) electrons. The SMILES string of the molecule is C/C=C/C=C(\C)Cc1ccc(Cl)c(OC)c1.CNC(=O)CC(OC(=O)[C@H](C)N(C)C(=O)N[C@@H](CCSC)C(=O)N[C@@H](CC(N)=O)C(N)=O)C1(C)OC1C(C)C1CC(O)(OC)NC(=O)O1.NCCCCCC(=O)NCCNC(=O)CCN1C(=O)C=CC1=O. The number of cyclic esters (lactones) is 1. The molecule has 0 aromatic heterocycles. The third-order valence-electron chi connectivity index (χ3n) is 14.0. The van der Waals surface area contributed by atoms with Crippen LogP contribution in [0.15, 0.2) is 54.2 Å². The molecule has 30 heteroatoms. The number of imide groups is 1. The maximum atomic E-state index is 13.4.